The van der Waals surface area contributed by atoms with Crippen LogP contribution < -0.4 is 9.47 Å². The molecule has 1 atom stereocenters. The van der Waals surface area contributed by atoms with Gasteiger partial charge in [0, 0.05) is 0 Å². The third-order valence-corrected chi connectivity index (χ3v) is 4.09. The van der Waals surface area contributed by atoms with Gasteiger partial charge in [0.15, 0.2) is 11.5 Å². The lowest BCUT2D eigenvalue weighted by atomic mass is 9.95. The van der Waals surface area contributed by atoms with Crippen LogP contribution >= 0.6 is 0 Å². The Morgan fingerprint density at radius 2 is 2.11 bits per heavy atom. The second kappa shape index (κ2) is 4.32. The van der Waals surface area contributed by atoms with Crippen molar-refractivity contribution in [2.24, 2.45) is 5.41 Å². The van der Waals surface area contributed by atoms with Gasteiger partial charge in [-0.3, -0.25) is 0 Å². The van der Waals surface area contributed by atoms with E-state index in [9.17, 15) is 5.11 Å². The lowest BCUT2D eigenvalue weighted by Crippen LogP contribution is -2.18. The summed E-state index contributed by atoms with van der Waals surface area (Å²) >= 11 is 0. The normalized spacial score (nSPS) is 21.2. The Bertz CT molecular complexity index is 475. The van der Waals surface area contributed by atoms with Crippen LogP contribution in [0.4, 0.5) is 0 Å². The van der Waals surface area contributed by atoms with Crippen molar-refractivity contribution in [3.8, 4) is 11.5 Å². The number of ether oxygens (including phenoxy) is 2. The average molecular weight is 246 g/mol. The second-order valence-electron chi connectivity index (χ2n) is 5.13. The van der Waals surface area contributed by atoms with Crippen LogP contribution in [0.2, 0.25) is 0 Å². The van der Waals surface area contributed by atoms with E-state index in [0.717, 1.165) is 36.3 Å². The molecule has 0 spiro atoms. The Morgan fingerprint density at radius 3 is 2.83 bits per heavy atom. The van der Waals surface area contributed by atoms with E-state index < -0.39 is 0 Å². The van der Waals surface area contributed by atoms with E-state index in [4.69, 9.17) is 9.47 Å². The predicted octanol–water partition coefficient (Wildman–Crippen LogP) is 2.98. The molecule has 1 aliphatic carbocycles. The Labute approximate surface area is 107 Å². The van der Waals surface area contributed by atoms with Gasteiger partial charge in [-0.2, -0.15) is 0 Å². The first-order valence-electron chi connectivity index (χ1n) is 6.49. The largest absolute Gasteiger partial charge is 0.454 e. The van der Waals surface area contributed by atoms with Crippen LogP contribution in [-0.4, -0.2) is 18.0 Å². The van der Waals surface area contributed by atoms with Crippen LogP contribution in [0.5, 0.6) is 11.5 Å². The average Bonchev–Trinajstić information content (AvgIpc) is 3.07. The van der Waals surface area contributed by atoms with Crippen molar-refractivity contribution in [3.05, 3.63) is 29.8 Å². The summed E-state index contributed by atoms with van der Waals surface area (Å²) < 4.78 is 10.6. The van der Waals surface area contributed by atoms with Crippen LogP contribution in [-0.2, 0) is 0 Å². The standard InChI is InChI=1S/C15H18O3/c1-2-15(7-8-15)14(16)6-4-11-3-5-12-13(9-11)18-10-17-12/h3-6,9,14,16H,2,7-8,10H2,1H3. The van der Waals surface area contributed by atoms with E-state index in [1.165, 1.54) is 0 Å². The maximum Gasteiger partial charge on any atom is 0.231 e. The first-order valence-corrected chi connectivity index (χ1v) is 6.49. The molecule has 1 unspecified atom stereocenters. The minimum Gasteiger partial charge on any atom is -0.454 e. The van der Waals surface area contributed by atoms with Crippen LogP contribution in [0.1, 0.15) is 31.7 Å². The minimum absolute atomic E-state index is 0.146. The highest BCUT2D eigenvalue weighted by Crippen LogP contribution is 2.52. The zero-order valence-corrected chi connectivity index (χ0v) is 10.6. The summed E-state index contributed by atoms with van der Waals surface area (Å²) in [5.74, 6) is 1.57. The summed E-state index contributed by atoms with van der Waals surface area (Å²) in [4.78, 5) is 0. The zero-order chi connectivity index (χ0) is 12.6. The van der Waals surface area contributed by atoms with Crippen molar-refractivity contribution in [2.45, 2.75) is 32.3 Å². The molecule has 1 N–H and O–H groups in total. The lowest BCUT2D eigenvalue weighted by molar-refractivity contribution is 0.135. The molecule has 0 radical (unpaired) electrons. The van der Waals surface area contributed by atoms with E-state index in [1.54, 1.807) is 0 Å². The SMILES string of the molecule is CCC1(C(O)C=Cc2ccc3c(c2)OCO3)CC1. The molecule has 3 heteroatoms. The summed E-state index contributed by atoms with van der Waals surface area (Å²) in [5, 5.41) is 10.2. The van der Waals surface area contributed by atoms with Gasteiger partial charge >= 0.3 is 0 Å². The Hall–Kier alpha value is -1.48. The van der Waals surface area contributed by atoms with Crippen molar-refractivity contribution in [3.63, 3.8) is 0 Å². The molecule has 1 aromatic rings. The number of hydrogen-bond donors (Lipinski definition) is 1. The summed E-state index contributed by atoms with van der Waals surface area (Å²) in [7, 11) is 0. The molecule has 0 aromatic heterocycles. The summed E-state index contributed by atoms with van der Waals surface area (Å²) in [5.41, 5.74) is 1.18. The van der Waals surface area contributed by atoms with Crippen molar-refractivity contribution in [1.82, 2.24) is 0 Å². The van der Waals surface area contributed by atoms with Crippen molar-refractivity contribution >= 4 is 6.08 Å². The number of hydrogen-bond acceptors (Lipinski definition) is 3. The minimum atomic E-state index is -0.340. The summed E-state index contributed by atoms with van der Waals surface area (Å²) in [6, 6.07) is 5.82. The third kappa shape index (κ3) is 1.99. The van der Waals surface area contributed by atoms with Crippen LogP contribution in [0, 0.1) is 5.41 Å². The van der Waals surface area contributed by atoms with E-state index in [0.29, 0.717) is 6.79 Å². The van der Waals surface area contributed by atoms with Gasteiger partial charge in [-0.25, -0.2) is 0 Å². The number of rotatable bonds is 4. The number of fused-ring (bicyclic) bond motifs is 1. The Kier molecular flexibility index (Phi) is 2.78. The quantitative estimate of drug-likeness (QED) is 0.887. The van der Waals surface area contributed by atoms with Crippen molar-refractivity contribution < 1.29 is 14.6 Å². The smallest absolute Gasteiger partial charge is 0.231 e. The molecular formula is C15H18O3. The Balaban J connectivity index is 1.72. The highest BCUT2D eigenvalue weighted by molar-refractivity contribution is 5.57. The molecule has 1 aliphatic heterocycles. The van der Waals surface area contributed by atoms with Crippen LogP contribution in [0.25, 0.3) is 6.08 Å². The highest BCUT2D eigenvalue weighted by Gasteiger charge is 2.45. The number of benzene rings is 1. The van der Waals surface area contributed by atoms with Gasteiger partial charge in [0.2, 0.25) is 6.79 Å². The molecule has 1 saturated carbocycles. The van der Waals surface area contributed by atoms with Crippen LogP contribution in [0.15, 0.2) is 24.3 Å². The molecule has 0 bridgehead atoms. The molecule has 0 saturated heterocycles. The fourth-order valence-electron chi connectivity index (χ4n) is 2.44. The molecule has 0 amide bonds. The maximum absolute atomic E-state index is 10.2. The van der Waals surface area contributed by atoms with Gasteiger partial charge in [0.25, 0.3) is 0 Å². The van der Waals surface area contributed by atoms with E-state index in [-0.39, 0.29) is 11.5 Å². The topological polar surface area (TPSA) is 38.7 Å². The van der Waals surface area contributed by atoms with E-state index in [2.05, 4.69) is 6.92 Å². The van der Waals surface area contributed by atoms with Gasteiger partial charge < -0.3 is 14.6 Å². The first kappa shape index (κ1) is 11.6. The third-order valence-electron chi connectivity index (χ3n) is 4.09. The highest BCUT2D eigenvalue weighted by atomic mass is 16.7. The van der Waals surface area contributed by atoms with Crippen molar-refractivity contribution in [1.29, 1.82) is 0 Å². The van der Waals surface area contributed by atoms with Gasteiger partial charge in [-0.05, 0) is 42.4 Å². The van der Waals surface area contributed by atoms with E-state index >= 15 is 0 Å². The van der Waals surface area contributed by atoms with Gasteiger partial charge in [-0.1, -0.05) is 25.1 Å². The summed E-state index contributed by atoms with van der Waals surface area (Å²) in [6.07, 6.45) is 6.83. The molecule has 1 heterocycles. The monoisotopic (exact) mass is 246 g/mol. The molecule has 2 aliphatic rings. The van der Waals surface area contributed by atoms with Gasteiger partial charge in [0.1, 0.15) is 0 Å². The number of aliphatic hydroxyl groups excluding tert-OH is 1. The molecule has 96 valence electrons. The number of aliphatic hydroxyl groups is 1. The van der Waals surface area contributed by atoms with Gasteiger partial charge in [-0.15, -0.1) is 0 Å². The predicted molar refractivity (Wildman–Crippen MR) is 69.6 cm³/mol. The molecule has 1 aromatic carbocycles. The Morgan fingerprint density at radius 1 is 1.33 bits per heavy atom. The van der Waals surface area contributed by atoms with Crippen molar-refractivity contribution in [2.75, 3.05) is 6.79 Å². The first-order chi connectivity index (χ1) is 8.73. The molecule has 3 nitrogen and oxygen atoms in total. The summed E-state index contributed by atoms with van der Waals surface area (Å²) in [6.45, 7) is 2.44. The zero-order valence-electron chi connectivity index (χ0n) is 10.6. The second-order valence-corrected chi connectivity index (χ2v) is 5.13. The lowest BCUT2D eigenvalue weighted by Gasteiger charge is -2.16. The fraction of sp³-hybridized carbons (Fsp3) is 0.467. The molecule has 1 fully saturated rings. The maximum atomic E-state index is 10.2. The molecule has 3 rings (SSSR count). The van der Waals surface area contributed by atoms with E-state index in [1.807, 2.05) is 30.4 Å². The van der Waals surface area contributed by atoms with Crippen LogP contribution in [0.3, 0.4) is 0 Å². The molecule has 18 heavy (non-hydrogen) atoms. The molecular weight excluding hydrogens is 228 g/mol. The van der Waals surface area contributed by atoms with Gasteiger partial charge in [0.05, 0.1) is 6.10 Å². The fourth-order valence-corrected chi connectivity index (χ4v) is 2.44.